The van der Waals surface area contributed by atoms with Gasteiger partial charge in [-0.2, -0.15) is 21.6 Å². The van der Waals surface area contributed by atoms with Crippen molar-refractivity contribution in [2.75, 3.05) is 0 Å². The third-order valence-electron chi connectivity index (χ3n) is 5.21. The predicted octanol–water partition coefficient (Wildman–Crippen LogP) is 5.74. The highest BCUT2D eigenvalue weighted by molar-refractivity contribution is 7.88. The highest BCUT2D eigenvalue weighted by atomic mass is 32.2. The van der Waals surface area contributed by atoms with Crippen LogP contribution in [0.1, 0.15) is 38.9 Å². The molecule has 3 nitrogen and oxygen atoms in total. The van der Waals surface area contributed by atoms with Crippen molar-refractivity contribution in [1.29, 1.82) is 0 Å². The van der Waals surface area contributed by atoms with Crippen molar-refractivity contribution in [2.24, 2.45) is 0 Å². The Labute approximate surface area is 158 Å². The molecule has 0 aromatic heterocycles. The minimum absolute atomic E-state index is 0.303. The molecule has 0 heterocycles. The van der Waals surface area contributed by atoms with Crippen LogP contribution < -0.4 is 4.18 Å². The van der Waals surface area contributed by atoms with Crippen LogP contribution in [0.5, 0.6) is 5.75 Å². The van der Waals surface area contributed by atoms with Gasteiger partial charge in [0.15, 0.2) is 5.75 Å². The van der Waals surface area contributed by atoms with E-state index in [0.717, 1.165) is 27.8 Å². The molecule has 0 atom stereocenters. The molecule has 0 aliphatic heterocycles. The smallest absolute Gasteiger partial charge is 0.375 e. The molecule has 0 amide bonds. The van der Waals surface area contributed by atoms with Crippen LogP contribution in [0.25, 0.3) is 11.1 Å². The van der Waals surface area contributed by atoms with Crippen LogP contribution in [0.3, 0.4) is 0 Å². The Hall–Kier alpha value is -2.02. The Morgan fingerprint density at radius 2 is 1.15 bits per heavy atom. The van der Waals surface area contributed by atoms with Gasteiger partial charge in [0.25, 0.3) is 0 Å². The second-order valence-corrected chi connectivity index (χ2v) is 8.47. The van der Waals surface area contributed by atoms with Crippen molar-refractivity contribution in [3.63, 3.8) is 0 Å². The lowest BCUT2D eigenvalue weighted by Gasteiger charge is -2.22. The number of rotatable bonds is 3. The van der Waals surface area contributed by atoms with Crippen LogP contribution in [0.2, 0.25) is 0 Å². The zero-order valence-electron chi connectivity index (χ0n) is 16.4. The third kappa shape index (κ3) is 3.70. The van der Waals surface area contributed by atoms with E-state index in [1.165, 1.54) is 6.07 Å². The number of alkyl halides is 3. The molecule has 0 spiro atoms. The Bertz CT molecular complexity index is 1020. The maximum absolute atomic E-state index is 12.9. The first-order valence-electron chi connectivity index (χ1n) is 8.38. The lowest BCUT2D eigenvalue weighted by molar-refractivity contribution is -0.0499. The van der Waals surface area contributed by atoms with Gasteiger partial charge in [-0.15, -0.1) is 0 Å². The average molecular weight is 400 g/mol. The Kier molecular flexibility index (Phi) is 5.40. The summed E-state index contributed by atoms with van der Waals surface area (Å²) in [6.45, 7) is 12.9. The second-order valence-electron chi connectivity index (χ2n) is 6.94. The molecule has 0 bridgehead atoms. The summed E-state index contributed by atoms with van der Waals surface area (Å²) in [6, 6.07) is 3.30. The zero-order chi connectivity index (χ0) is 20.9. The topological polar surface area (TPSA) is 43.4 Å². The zero-order valence-corrected chi connectivity index (χ0v) is 17.2. The molecule has 27 heavy (non-hydrogen) atoms. The molecule has 0 fully saturated rings. The standard InChI is InChI=1S/C20H23F3O3S/c1-10-8-12(3)18(15(6)13(10)4)19-16(7)14(5)11(2)9-17(19)26-27(24,25)20(21,22)23/h8-9H,1-7H3. The van der Waals surface area contributed by atoms with E-state index in [1.54, 1.807) is 13.8 Å². The van der Waals surface area contributed by atoms with Gasteiger partial charge in [-0.25, -0.2) is 0 Å². The maximum atomic E-state index is 12.9. The molecule has 0 saturated heterocycles. The van der Waals surface area contributed by atoms with Gasteiger partial charge < -0.3 is 4.18 Å². The quantitative estimate of drug-likeness (QED) is 0.487. The Balaban J connectivity index is 2.90. The molecule has 148 valence electrons. The minimum atomic E-state index is -5.77. The first kappa shape index (κ1) is 21.3. The monoisotopic (exact) mass is 400 g/mol. The molecule has 7 heteroatoms. The van der Waals surface area contributed by atoms with Gasteiger partial charge in [-0.1, -0.05) is 6.07 Å². The van der Waals surface area contributed by atoms with E-state index in [4.69, 9.17) is 0 Å². The maximum Gasteiger partial charge on any atom is 0.534 e. The van der Waals surface area contributed by atoms with Crippen molar-refractivity contribution < 1.29 is 25.8 Å². The molecule has 0 saturated carbocycles. The van der Waals surface area contributed by atoms with Gasteiger partial charge in [0, 0.05) is 5.56 Å². The summed E-state index contributed by atoms with van der Waals surface area (Å²) < 4.78 is 66.6. The molecule has 2 rings (SSSR count). The van der Waals surface area contributed by atoms with E-state index in [9.17, 15) is 21.6 Å². The highest BCUT2D eigenvalue weighted by Gasteiger charge is 2.49. The molecular weight excluding hydrogens is 377 g/mol. The summed E-state index contributed by atoms with van der Waals surface area (Å²) in [4.78, 5) is 0. The number of aryl methyl sites for hydroxylation is 3. The van der Waals surface area contributed by atoms with E-state index in [1.807, 2.05) is 40.7 Å². The third-order valence-corrected chi connectivity index (χ3v) is 6.18. The molecular formula is C20H23F3O3S. The molecule has 0 radical (unpaired) electrons. The Morgan fingerprint density at radius 1 is 0.704 bits per heavy atom. The van der Waals surface area contributed by atoms with Crippen LogP contribution in [-0.2, 0) is 10.1 Å². The van der Waals surface area contributed by atoms with Crippen molar-refractivity contribution >= 4 is 10.1 Å². The molecule has 0 aliphatic rings. The van der Waals surface area contributed by atoms with Crippen molar-refractivity contribution in [1.82, 2.24) is 0 Å². The van der Waals surface area contributed by atoms with Crippen LogP contribution in [0.4, 0.5) is 13.2 Å². The normalized spacial score (nSPS) is 12.4. The molecule has 2 aromatic rings. The number of halogens is 3. The van der Waals surface area contributed by atoms with Crippen LogP contribution >= 0.6 is 0 Å². The SMILES string of the molecule is Cc1cc(C)c(-c2c(OS(=O)(=O)C(F)(F)F)cc(C)c(C)c2C)c(C)c1C. The summed E-state index contributed by atoms with van der Waals surface area (Å²) in [7, 11) is -5.77. The summed E-state index contributed by atoms with van der Waals surface area (Å²) in [5.74, 6) is -0.303. The van der Waals surface area contributed by atoms with Crippen LogP contribution in [-0.4, -0.2) is 13.9 Å². The lowest BCUT2D eigenvalue weighted by atomic mass is 9.85. The van der Waals surface area contributed by atoms with Gasteiger partial charge in [-0.3, -0.25) is 0 Å². The second kappa shape index (κ2) is 6.86. The van der Waals surface area contributed by atoms with Crippen LogP contribution in [0.15, 0.2) is 12.1 Å². The van der Waals surface area contributed by atoms with E-state index < -0.39 is 15.6 Å². The predicted molar refractivity (Wildman–Crippen MR) is 101 cm³/mol. The molecule has 0 aliphatic carbocycles. The van der Waals surface area contributed by atoms with E-state index in [-0.39, 0.29) is 5.75 Å². The van der Waals surface area contributed by atoms with Crippen molar-refractivity contribution in [3.05, 3.63) is 51.1 Å². The fraction of sp³-hybridized carbons (Fsp3) is 0.400. The average Bonchev–Trinajstić information content (AvgIpc) is 2.52. The highest BCUT2D eigenvalue weighted by Crippen LogP contribution is 2.43. The van der Waals surface area contributed by atoms with E-state index >= 15 is 0 Å². The molecule has 0 N–H and O–H groups in total. The fourth-order valence-electron chi connectivity index (χ4n) is 3.26. The summed E-state index contributed by atoms with van der Waals surface area (Å²) in [6.07, 6.45) is 0. The summed E-state index contributed by atoms with van der Waals surface area (Å²) >= 11 is 0. The van der Waals surface area contributed by atoms with Gasteiger partial charge in [0.05, 0.1) is 0 Å². The first-order chi connectivity index (χ1) is 12.2. The van der Waals surface area contributed by atoms with Gasteiger partial charge in [0.2, 0.25) is 0 Å². The largest absolute Gasteiger partial charge is 0.534 e. The number of benzene rings is 2. The van der Waals surface area contributed by atoms with Crippen LogP contribution in [0, 0.1) is 48.5 Å². The Morgan fingerprint density at radius 3 is 1.63 bits per heavy atom. The van der Waals surface area contributed by atoms with Gasteiger partial charge in [0.1, 0.15) is 0 Å². The first-order valence-corrected chi connectivity index (χ1v) is 9.79. The minimum Gasteiger partial charge on any atom is -0.375 e. The fourth-order valence-corrected chi connectivity index (χ4v) is 3.72. The molecule has 0 unspecified atom stereocenters. The van der Waals surface area contributed by atoms with E-state index in [2.05, 4.69) is 4.18 Å². The van der Waals surface area contributed by atoms with Gasteiger partial charge in [-0.05, 0) is 99.0 Å². The summed E-state index contributed by atoms with van der Waals surface area (Å²) in [5.41, 5.74) is 1.58. The van der Waals surface area contributed by atoms with Crippen molar-refractivity contribution in [3.8, 4) is 16.9 Å². The van der Waals surface area contributed by atoms with Gasteiger partial charge >= 0.3 is 15.6 Å². The number of hydrogen-bond donors (Lipinski definition) is 0. The van der Waals surface area contributed by atoms with Crippen molar-refractivity contribution in [2.45, 2.75) is 54.0 Å². The number of hydrogen-bond acceptors (Lipinski definition) is 3. The van der Waals surface area contributed by atoms with E-state index in [0.29, 0.717) is 22.3 Å². The molecule has 2 aromatic carbocycles. The lowest BCUT2D eigenvalue weighted by Crippen LogP contribution is -2.28. The summed E-state index contributed by atoms with van der Waals surface area (Å²) in [5, 5.41) is 0.